The molecule has 0 radical (unpaired) electrons. The third-order valence-corrected chi connectivity index (χ3v) is 4.54. The molecule has 0 saturated heterocycles. The van der Waals surface area contributed by atoms with Gasteiger partial charge in [-0.25, -0.2) is 0 Å². The maximum atomic E-state index is 3.85. The van der Waals surface area contributed by atoms with Gasteiger partial charge in [-0.1, -0.05) is 38.5 Å². The molecule has 94 valence electrons. The maximum absolute atomic E-state index is 3.85. The van der Waals surface area contributed by atoms with Gasteiger partial charge in [0.15, 0.2) is 0 Å². The van der Waals surface area contributed by atoms with Crippen LogP contribution in [0, 0.1) is 11.8 Å². The molecule has 0 aromatic carbocycles. The van der Waals surface area contributed by atoms with Crippen LogP contribution in [0.25, 0.3) is 0 Å². The quantitative estimate of drug-likeness (QED) is 0.691. The highest BCUT2D eigenvalue weighted by Gasteiger charge is 2.25. The second-order valence-corrected chi connectivity index (χ2v) is 6.29. The molecule has 2 atom stereocenters. The summed E-state index contributed by atoms with van der Waals surface area (Å²) < 4.78 is 0. The molecule has 2 rings (SSSR count). The monoisotopic (exact) mass is 223 g/mol. The first kappa shape index (κ1) is 12.4. The van der Waals surface area contributed by atoms with Crippen LogP contribution < -0.4 is 5.32 Å². The summed E-state index contributed by atoms with van der Waals surface area (Å²) in [6.07, 6.45) is 13.2. The lowest BCUT2D eigenvalue weighted by Gasteiger charge is -2.27. The lowest BCUT2D eigenvalue weighted by molar-refractivity contribution is 0.305. The predicted octanol–water partition coefficient (Wildman–Crippen LogP) is 4.12. The molecule has 16 heavy (non-hydrogen) atoms. The summed E-state index contributed by atoms with van der Waals surface area (Å²) in [6, 6.07) is 1.48. The van der Waals surface area contributed by atoms with Crippen molar-refractivity contribution in [3.8, 4) is 0 Å². The van der Waals surface area contributed by atoms with E-state index in [0.29, 0.717) is 0 Å². The number of nitrogens with one attached hydrogen (secondary N) is 1. The zero-order valence-corrected chi connectivity index (χ0v) is 11.2. The van der Waals surface area contributed by atoms with Crippen LogP contribution in [0.4, 0.5) is 0 Å². The first-order valence-corrected chi connectivity index (χ1v) is 7.51. The van der Waals surface area contributed by atoms with E-state index in [1.807, 2.05) is 0 Å². The van der Waals surface area contributed by atoms with Crippen LogP contribution in [0.5, 0.6) is 0 Å². The number of rotatable bonds is 5. The van der Waals surface area contributed by atoms with E-state index >= 15 is 0 Å². The first-order chi connectivity index (χ1) is 7.75. The molecule has 1 unspecified atom stereocenters. The highest BCUT2D eigenvalue weighted by atomic mass is 14.9. The molecule has 1 heteroatoms. The minimum atomic E-state index is 0.741. The minimum Gasteiger partial charge on any atom is -0.311 e. The van der Waals surface area contributed by atoms with Gasteiger partial charge in [-0.05, 0) is 44.9 Å². The molecule has 2 aliphatic carbocycles. The fourth-order valence-corrected chi connectivity index (χ4v) is 3.32. The van der Waals surface area contributed by atoms with Gasteiger partial charge in [-0.15, -0.1) is 0 Å². The molecule has 2 fully saturated rings. The molecule has 0 aromatic rings. The van der Waals surface area contributed by atoms with E-state index in [1.165, 1.54) is 57.8 Å². The van der Waals surface area contributed by atoms with Crippen LogP contribution in [0.15, 0.2) is 0 Å². The van der Waals surface area contributed by atoms with Gasteiger partial charge < -0.3 is 5.32 Å². The lowest BCUT2D eigenvalue weighted by atomic mass is 9.92. The first-order valence-electron chi connectivity index (χ1n) is 7.51. The van der Waals surface area contributed by atoms with E-state index in [-0.39, 0.29) is 0 Å². The van der Waals surface area contributed by atoms with Crippen molar-refractivity contribution in [2.24, 2.45) is 11.8 Å². The van der Waals surface area contributed by atoms with Crippen LogP contribution in [0.2, 0.25) is 0 Å². The van der Waals surface area contributed by atoms with Crippen LogP contribution in [0.1, 0.15) is 71.6 Å². The van der Waals surface area contributed by atoms with E-state index in [0.717, 1.165) is 23.9 Å². The van der Waals surface area contributed by atoms with Crippen molar-refractivity contribution in [2.75, 3.05) is 0 Å². The van der Waals surface area contributed by atoms with Crippen LogP contribution in [0.3, 0.4) is 0 Å². The second kappa shape index (κ2) is 6.05. The van der Waals surface area contributed by atoms with Gasteiger partial charge in [0.1, 0.15) is 0 Å². The van der Waals surface area contributed by atoms with E-state index in [4.69, 9.17) is 0 Å². The van der Waals surface area contributed by atoms with Crippen molar-refractivity contribution in [3.63, 3.8) is 0 Å². The van der Waals surface area contributed by atoms with Crippen molar-refractivity contribution >= 4 is 0 Å². The Morgan fingerprint density at radius 1 is 0.938 bits per heavy atom. The Bertz CT molecular complexity index is 190. The summed E-state index contributed by atoms with van der Waals surface area (Å²) in [5.41, 5.74) is 0. The summed E-state index contributed by atoms with van der Waals surface area (Å²) in [6.45, 7) is 4.80. The molecular formula is C15H29N. The summed E-state index contributed by atoms with van der Waals surface area (Å²) in [7, 11) is 0. The Hall–Kier alpha value is -0.0400. The van der Waals surface area contributed by atoms with Crippen molar-refractivity contribution in [1.82, 2.24) is 5.32 Å². The van der Waals surface area contributed by atoms with Gasteiger partial charge in [0.2, 0.25) is 0 Å². The SMILES string of the molecule is CC(CC1CC1)N[C@H](C)C1CCCCCC1. The smallest absolute Gasteiger partial charge is 0.00694 e. The van der Waals surface area contributed by atoms with Crippen molar-refractivity contribution < 1.29 is 0 Å². The topological polar surface area (TPSA) is 12.0 Å². The highest BCUT2D eigenvalue weighted by molar-refractivity contribution is 4.82. The molecule has 0 aliphatic heterocycles. The van der Waals surface area contributed by atoms with Crippen molar-refractivity contribution in [3.05, 3.63) is 0 Å². The molecule has 0 amide bonds. The Balaban J connectivity index is 1.69. The van der Waals surface area contributed by atoms with Gasteiger partial charge in [0.25, 0.3) is 0 Å². The molecule has 0 aromatic heterocycles. The lowest BCUT2D eigenvalue weighted by Crippen LogP contribution is -2.39. The van der Waals surface area contributed by atoms with Crippen LogP contribution >= 0.6 is 0 Å². The molecule has 0 spiro atoms. The predicted molar refractivity (Wildman–Crippen MR) is 70.6 cm³/mol. The normalized spacial score (nSPS) is 27.4. The van der Waals surface area contributed by atoms with Gasteiger partial charge in [-0.3, -0.25) is 0 Å². The Morgan fingerprint density at radius 3 is 2.12 bits per heavy atom. The Morgan fingerprint density at radius 2 is 1.56 bits per heavy atom. The van der Waals surface area contributed by atoms with Crippen LogP contribution in [-0.4, -0.2) is 12.1 Å². The van der Waals surface area contributed by atoms with E-state index in [1.54, 1.807) is 0 Å². The maximum Gasteiger partial charge on any atom is 0.00694 e. The second-order valence-electron chi connectivity index (χ2n) is 6.29. The molecule has 1 nitrogen and oxygen atoms in total. The zero-order valence-electron chi connectivity index (χ0n) is 11.2. The summed E-state index contributed by atoms with van der Waals surface area (Å²) in [5, 5.41) is 3.85. The summed E-state index contributed by atoms with van der Waals surface area (Å²) in [4.78, 5) is 0. The summed E-state index contributed by atoms with van der Waals surface area (Å²) in [5.74, 6) is 2.01. The highest BCUT2D eigenvalue weighted by Crippen LogP contribution is 2.34. The molecule has 2 saturated carbocycles. The van der Waals surface area contributed by atoms with Crippen molar-refractivity contribution in [2.45, 2.75) is 83.7 Å². The fourth-order valence-electron chi connectivity index (χ4n) is 3.32. The Labute approximate surface area is 101 Å². The third kappa shape index (κ3) is 4.08. The largest absolute Gasteiger partial charge is 0.311 e. The fraction of sp³-hybridized carbons (Fsp3) is 1.00. The average Bonchev–Trinajstić information content (AvgIpc) is 3.02. The molecule has 0 heterocycles. The average molecular weight is 223 g/mol. The van der Waals surface area contributed by atoms with E-state index < -0.39 is 0 Å². The van der Waals surface area contributed by atoms with E-state index in [9.17, 15) is 0 Å². The third-order valence-electron chi connectivity index (χ3n) is 4.54. The van der Waals surface area contributed by atoms with Crippen molar-refractivity contribution in [1.29, 1.82) is 0 Å². The molecule has 0 bridgehead atoms. The van der Waals surface area contributed by atoms with Gasteiger partial charge >= 0.3 is 0 Å². The van der Waals surface area contributed by atoms with E-state index in [2.05, 4.69) is 19.2 Å². The van der Waals surface area contributed by atoms with Gasteiger partial charge in [0, 0.05) is 12.1 Å². The summed E-state index contributed by atoms with van der Waals surface area (Å²) >= 11 is 0. The Kier molecular flexibility index (Phi) is 4.69. The molecular weight excluding hydrogens is 194 g/mol. The molecule has 2 aliphatic rings. The zero-order chi connectivity index (χ0) is 11.4. The minimum absolute atomic E-state index is 0.741. The van der Waals surface area contributed by atoms with Gasteiger partial charge in [-0.2, -0.15) is 0 Å². The number of hydrogen-bond donors (Lipinski definition) is 1. The molecule has 1 N–H and O–H groups in total. The van der Waals surface area contributed by atoms with Gasteiger partial charge in [0.05, 0.1) is 0 Å². The standard InChI is InChI=1S/C15H29N/c1-12(11-14-9-10-14)16-13(2)15-7-5-3-4-6-8-15/h12-16H,3-11H2,1-2H3/t12?,13-/m1/s1. The van der Waals surface area contributed by atoms with Crippen LogP contribution in [-0.2, 0) is 0 Å². The number of hydrogen-bond acceptors (Lipinski definition) is 1.